The average Bonchev–Trinajstić information content (AvgIpc) is 2.72. The second-order valence-corrected chi connectivity index (χ2v) is 6.26. The number of carbonyl (C=O) groups excluding carboxylic acids is 1. The third-order valence-electron chi connectivity index (χ3n) is 4.06. The monoisotopic (exact) mass is 376 g/mol. The quantitative estimate of drug-likeness (QED) is 0.582. The van der Waals surface area contributed by atoms with E-state index in [2.05, 4.69) is 5.32 Å². The van der Waals surface area contributed by atoms with Crippen molar-refractivity contribution in [2.75, 3.05) is 24.3 Å². The molecule has 0 saturated heterocycles. The van der Waals surface area contributed by atoms with Gasteiger partial charge in [-0.3, -0.25) is 4.79 Å². The van der Waals surface area contributed by atoms with Gasteiger partial charge in [0.25, 0.3) is 5.91 Å². The Bertz CT molecular complexity index is 902. The normalized spacial score (nSPS) is 9.75. The standard InChI is InChI=1S/C22H22N2O2.C2H6/c1-16-8-4-7-11-21(16)26-18-14-12-17(13-15-18)23-22(25)19-9-5-6-10-20(19)24(2)3;1-2/h4-15H,1-3H3,(H,23,25);1-2H3. The zero-order valence-corrected chi connectivity index (χ0v) is 17.2. The van der Waals surface area contributed by atoms with Crippen LogP contribution in [0.2, 0.25) is 0 Å². The Morgan fingerprint density at radius 1 is 0.857 bits per heavy atom. The molecule has 0 spiro atoms. The summed E-state index contributed by atoms with van der Waals surface area (Å²) in [5, 5.41) is 2.93. The molecule has 0 aromatic heterocycles. The lowest BCUT2D eigenvalue weighted by molar-refractivity contribution is 0.102. The van der Waals surface area contributed by atoms with Gasteiger partial charge in [-0.15, -0.1) is 0 Å². The highest BCUT2D eigenvalue weighted by molar-refractivity contribution is 6.08. The number of para-hydroxylation sites is 2. The maximum absolute atomic E-state index is 12.6. The molecule has 146 valence electrons. The van der Waals surface area contributed by atoms with E-state index in [1.165, 1.54) is 0 Å². The molecule has 0 aliphatic carbocycles. The van der Waals surface area contributed by atoms with Crippen LogP contribution in [0.1, 0.15) is 29.8 Å². The molecule has 3 aromatic rings. The molecule has 0 saturated carbocycles. The van der Waals surface area contributed by atoms with E-state index in [0.717, 1.165) is 28.4 Å². The highest BCUT2D eigenvalue weighted by Gasteiger charge is 2.12. The molecule has 1 amide bonds. The van der Waals surface area contributed by atoms with Crippen molar-refractivity contribution in [3.63, 3.8) is 0 Å². The largest absolute Gasteiger partial charge is 0.457 e. The fourth-order valence-corrected chi connectivity index (χ4v) is 2.66. The lowest BCUT2D eigenvalue weighted by atomic mass is 10.1. The van der Waals surface area contributed by atoms with Crippen molar-refractivity contribution in [3.8, 4) is 11.5 Å². The number of nitrogens with one attached hydrogen (secondary N) is 1. The predicted molar refractivity (Wildman–Crippen MR) is 118 cm³/mol. The lowest BCUT2D eigenvalue weighted by Gasteiger charge is -2.17. The summed E-state index contributed by atoms with van der Waals surface area (Å²) in [6, 6.07) is 22.8. The number of carbonyl (C=O) groups is 1. The van der Waals surface area contributed by atoms with Crippen molar-refractivity contribution in [3.05, 3.63) is 83.9 Å². The van der Waals surface area contributed by atoms with Gasteiger partial charge in [-0.2, -0.15) is 0 Å². The fraction of sp³-hybridized carbons (Fsp3) is 0.208. The Kier molecular flexibility index (Phi) is 7.64. The number of hydrogen-bond donors (Lipinski definition) is 1. The third-order valence-corrected chi connectivity index (χ3v) is 4.06. The van der Waals surface area contributed by atoms with E-state index in [-0.39, 0.29) is 5.91 Å². The van der Waals surface area contributed by atoms with Crippen LogP contribution in [0.15, 0.2) is 72.8 Å². The molecule has 1 N–H and O–H groups in total. The molecule has 0 fully saturated rings. The van der Waals surface area contributed by atoms with Crippen LogP contribution in [0.25, 0.3) is 0 Å². The van der Waals surface area contributed by atoms with E-state index in [1.807, 2.05) is 113 Å². The Balaban J connectivity index is 0.00000136. The van der Waals surface area contributed by atoms with Crippen LogP contribution >= 0.6 is 0 Å². The van der Waals surface area contributed by atoms with Gasteiger partial charge in [0.1, 0.15) is 11.5 Å². The maximum Gasteiger partial charge on any atom is 0.257 e. The number of aryl methyl sites for hydroxylation is 1. The van der Waals surface area contributed by atoms with Crippen molar-refractivity contribution in [2.45, 2.75) is 20.8 Å². The minimum absolute atomic E-state index is 0.137. The van der Waals surface area contributed by atoms with E-state index in [4.69, 9.17) is 4.74 Å². The predicted octanol–water partition coefficient (Wildman–Crippen LogP) is 6.13. The van der Waals surface area contributed by atoms with Crippen LogP contribution < -0.4 is 15.0 Å². The molecular weight excluding hydrogens is 348 g/mol. The summed E-state index contributed by atoms with van der Waals surface area (Å²) >= 11 is 0. The number of benzene rings is 3. The highest BCUT2D eigenvalue weighted by Crippen LogP contribution is 2.26. The number of nitrogens with zero attached hydrogens (tertiary/aromatic N) is 1. The van der Waals surface area contributed by atoms with Gasteiger partial charge in [0, 0.05) is 25.5 Å². The number of rotatable bonds is 5. The van der Waals surface area contributed by atoms with E-state index >= 15 is 0 Å². The summed E-state index contributed by atoms with van der Waals surface area (Å²) in [6.45, 7) is 6.01. The molecule has 28 heavy (non-hydrogen) atoms. The summed E-state index contributed by atoms with van der Waals surface area (Å²) in [4.78, 5) is 14.5. The number of amides is 1. The van der Waals surface area contributed by atoms with Crippen molar-refractivity contribution < 1.29 is 9.53 Å². The van der Waals surface area contributed by atoms with Crippen LogP contribution in [-0.2, 0) is 0 Å². The lowest BCUT2D eigenvalue weighted by Crippen LogP contribution is -2.18. The van der Waals surface area contributed by atoms with E-state index in [0.29, 0.717) is 5.56 Å². The second kappa shape index (κ2) is 10.2. The van der Waals surface area contributed by atoms with Crippen molar-refractivity contribution in [1.82, 2.24) is 0 Å². The van der Waals surface area contributed by atoms with Gasteiger partial charge in [-0.1, -0.05) is 44.2 Å². The summed E-state index contributed by atoms with van der Waals surface area (Å²) in [5.41, 5.74) is 3.31. The minimum Gasteiger partial charge on any atom is -0.457 e. The SMILES string of the molecule is CC.Cc1ccccc1Oc1ccc(NC(=O)c2ccccc2N(C)C)cc1. The molecule has 3 aromatic carbocycles. The smallest absolute Gasteiger partial charge is 0.257 e. The first-order valence-corrected chi connectivity index (χ1v) is 9.46. The molecule has 0 aliphatic rings. The van der Waals surface area contributed by atoms with Crippen molar-refractivity contribution >= 4 is 17.3 Å². The molecule has 0 atom stereocenters. The number of ether oxygens (including phenoxy) is 1. The fourth-order valence-electron chi connectivity index (χ4n) is 2.66. The topological polar surface area (TPSA) is 41.6 Å². The third kappa shape index (κ3) is 5.36. The van der Waals surface area contributed by atoms with Gasteiger partial charge in [0.2, 0.25) is 0 Å². The summed E-state index contributed by atoms with van der Waals surface area (Å²) in [5.74, 6) is 1.41. The first-order valence-electron chi connectivity index (χ1n) is 9.46. The van der Waals surface area contributed by atoms with Crippen LogP contribution in [-0.4, -0.2) is 20.0 Å². The molecular formula is C24H28N2O2. The van der Waals surface area contributed by atoms with Crippen LogP contribution in [0, 0.1) is 6.92 Å². The van der Waals surface area contributed by atoms with Crippen LogP contribution in [0.5, 0.6) is 11.5 Å². The van der Waals surface area contributed by atoms with Gasteiger partial charge in [-0.05, 0) is 55.0 Å². The van der Waals surface area contributed by atoms with Crippen molar-refractivity contribution in [2.24, 2.45) is 0 Å². The summed E-state index contributed by atoms with van der Waals surface area (Å²) < 4.78 is 5.88. The molecule has 0 radical (unpaired) electrons. The highest BCUT2D eigenvalue weighted by atomic mass is 16.5. The maximum atomic E-state index is 12.6. The number of hydrogen-bond acceptors (Lipinski definition) is 3. The van der Waals surface area contributed by atoms with Gasteiger partial charge in [0.15, 0.2) is 0 Å². The zero-order valence-electron chi connectivity index (χ0n) is 17.2. The Labute approximate surface area is 167 Å². The van der Waals surface area contributed by atoms with Crippen molar-refractivity contribution in [1.29, 1.82) is 0 Å². The van der Waals surface area contributed by atoms with Gasteiger partial charge in [-0.25, -0.2) is 0 Å². The average molecular weight is 377 g/mol. The Morgan fingerprint density at radius 3 is 2.11 bits per heavy atom. The molecule has 0 heterocycles. The molecule has 0 unspecified atom stereocenters. The van der Waals surface area contributed by atoms with E-state index < -0.39 is 0 Å². The Morgan fingerprint density at radius 2 is 1.46 bits per heavy atom. The molecule has 0 bridgehead atoms. The number of anilines is 2. The second-order valence-electron chi connectivity index (χ2n) is 6.26. The van der Waals surface area contributed by atoms with Gasteiger partial charge in [0.05, 0.1) is 5.56 Å². The molecule has 0 aliphatic heterocycles. The van der Waals surface area contributed by atoms with Gasteiger partial charge >= 0.3 is 0 Å². The first kappa shape index (κ1) is 21.0. The zero-order chi connectivity index (χ0) is 20.5. The summed E-state index contributed by atoms with van der Waals surface area (Å²) in [6.07, 6.45) is 0. The van der Waals surface area contributed by atoms with E-state index in [9.17, 15) is 4.79 Å². The van der Waals surface area contributed by atoms with Crippen LogP contribution in [0.3, 0.4) is 0 Å². The van der Waals surface area contributed by atoms with E-state index in [1.54, 1.807) is 0 Å². The molecule has 4 nitrogen and oxygen atoms in total. The molecule has 4 heteroatoms. The molecule has 3 rings (SSSR count). The van der Waals surface area contributed by atoms with Crippen LogP contribution in [0.4, 0.5) is 11.4 Å². The summed E-state index contributed by atoms with van der Waals surface area (Å²) in [7, 11) is 3.84. The van der Waals surface area contributed by atoms with Gasteiger partial charge < -0.3 is 15.0 Å². The Hall–Kier alpha value is -3.27. The first-order chi connectivity index (χ1) is 13.5. The minimum atomic E-state index is -0.137.